The average molecular weight is 422 g/mol. The molecule has 7 rings (SSSR count). The summed E-state index contributed by atoms with van der Waals surface area (Å²) in [6.45, 7) is 2.13. The van der Waals surface area contributed by atoms with Crippen molar-refractivity contribution < 1.29 is 0 Å². The van der Waals surface area contributed by atoms with E-state index in [1.807, 2.05) is 0 Å². The standard InChI is InChI=1S/C32H23N/c1-21-17-19-22(20-18-21)33-30-16-8-12-26-25-11-4-7-15-29(25)32(31(26)30)27-13-5-2-9-23(27)24-10-3-6-14-28(24)32/h2-20,33H,1H3. The van der Waals surface area contributed by atoms with Gasteiger partial charge in [0.1, 0.15) is 0 Å². The van der Waals surface area contributed by atoms with Gasteiger partial charge in [0.15, 0.2) is 0 Å². The van der Waals surface area contributed by atoms with Gasteiger partial charge in [-0.05, 0) is 64.1 Å². The van der Waals surface area contributed by atoms with E-state index in [2.05, 4.69) is 128 Å². The molecule has 5 aromatic carbocycles. The molecule has 1 N–H and O–H groups in total. The van der Waals surface area contributed by atoms with Crippen molar-refractivity contribution in [3.8, 4) is 22.3 Å². The van der Waals surface area contributed by atoms with E-state index in [4.69, 9.17) is 0 Å². The van der Waals surface area contributed by atoms with Gasteiger partial charge in [0.2, 0.25) is 0 Å². The summed E-state index contributed by atoms with van der Waals surface area (Å²) >= 11 is 0. The van der Waals surface area contributed by atoms with Gasteiger partial charge in [0.25, 0.3) is 0 Å². The maximum absolute atomic E-state index is 3.78. The Bertz CT molecular complexity index is 1480. The van der Waals surface area contributed by atoms with Gasteiger partial charge in [-0.25, -0.2) is 0 Å². The van der Waals surface area contributed by atoms with Gasteiger partial charge >= 0.3 is 0 Å². The highest BCUT2D eigenvalue weighted by molar-refractivity contribution is 5.98. The molecule has 0 aromatic heterocycles. The fourth-order valence-electron chi connectivity index (χ4n) is 6.05. The molecule has 0 amide bonds. The minimum Gasteiger partial charge on any atom is -0.355 e. The van der Waals surface area contributed by atoms with E-state index in [0.717, 1.165) is 5.69 Å². The number of aryl methyl sites for hydroxylation is 1. The number of hydrogen-bond donors (Lipinski definition) is 1. The van der Waals surface area contributed by atoms with Crippen molar-refractivity contribution in [3.05, 3.63) is 143 Å². The minimum atomic E-state index is -0.326. The average Bonchev–Trinajstić information content (AvgIpc) is 3.34. The fourth-order valence-corrected chi connectivity index (χ4v) is 6.05. The second kappa shape index (κ2) is 6.70. The second-order valence-electron chi connectivity index (χ2n) is 9.11. The topological polar surface area (TPSA) is 12.0 Å². The lowest BCUT2D eigenvalue weighted by atomic mass is 9.70. The number of benzene rings is 5. The summed E-state index contributed by atoms with van der Waals surface area (Å²) < 4.78 is 0. The van der Waals surface area contributed by atoms with Crippen LogP contribution in [0.25, 0.3) is 22.3 Å². The molecule has 0 saturated carbocycles. The molecule has 0 heterocycles. The molecule has 0 unspecified atom stereocenters. The molecule has 2 aliphatic rings. The van der Waals surface area contributed by atoms with E-state index in [9.17, 15) is 0 Å². The Hall–Kier alpha value is -4.10. The van der Waals surface area contributed by atoms with Crippen LogP contribution in [0.4, 0.5) is 11.4 Å². The molecule has 0 bridgehead atoms. The highest BCUT2D eigenvalue weighted by Crippen LogP contribution is 2.64. The molecule has 0 radical (unpaired) electrons. The number of hydrogen-bond acceptors (Lipinski definition) is 1. The Morgan fingerprint density at radius 2 is 0.970 bits per heavy atom. The summed E-state index contributed by atoms with van der Waals surface area (Å²) in [7, 11) is 0. The van der Waals surface area contributed by atoms with E-state index >= 15 is 0 Å². The Labute approximate surface area is 194 Å². The molecule has 0 fully saturated rings. The Kier molecular flexibility index (Phi) is 3.75. The van der Waals surface area contributed by atoms with Crippen LogP contribution in [-0.2, 0) is 5.41 Å². The zero-order valence-electron chi connectivity index (χ0n) is 18.5. The van der Waals surface area contributed by atoms with E-state index in [0.29, 0.717) is 0 Å². The zero-order valence-corrected chi connectivity index (χ0v) is 18.5. The third-order valence-electron chi connectivity index (χ3n) is 7.34. The summed E-state index contributed by atoms with van der Waals surface area (Å²) in [4.78, 5) is 0. The normalized spacial score (nSPS) is 13.8. The summed E-state index contributed by atoms with van der Waals surface area (Å²) in [6.07, 6.45) is 0. The van der Waals surface area contributed by atoms with E-state index in [-0.39, 0.29) is 5.41 Å². The highest BCUT2D eigenvalue weighted by atomic mass is 14.9. The van der Waals surface area contributed by atoms with Crippen molar-refractivity contribution in [2.24, 2.45) is 0 Å². The summed E-state index contributed by atoms with van der Waals surface area (Å²) in [5.74, 6) is 0. The molecule has 156 valence electrons. The van der Waals surface area contributed by atoms with Crippen molar-refractivity contribution >= 4 is 11.4 Å². The molecule has 1 spiro atoms. The van der Waals surface area contributed by atoms with Crippen molar-refractivity contribution in [3.63, 3.8) is 0 Å². The van der Waals surface area contributed by atoms with Crippen LogP contribution >= 0.6 is 0 Å². The van der Waals surface area contributed by atoms with Crippen LogP contribution in [0.2, 0.25) is 0 Å². The maximum atomic E-state index is 3.78. The molecule has 33 heavy (non-hydrogen) atoms. The van der Waals surface area contributed by atoms with Gasteiger partial charge in [0.05, 0.1) is 5.41 Å². The first kappa shape index (κ1) is 18.5. The van der Waals surface area contributed by atoms with E-state index in [1.54, 1.807) is 0 Å². The Morgan fingerprint density at radius 3 is 1.55 bits per heavy atom. The number of nitrogens with one attached hydrogen (secondary N) is 1. The smallest absolute Gasteiger partial charge is 0.0745 e. The molecule has 1 heteroatoms. The lowest BCUT2D eigenvalue weighted by Gasteiger charge is -2.32. The lowest BCUT2D eigenvalue weighted by Crippen LogP contribution is -2.26. The Balaban J connectivity index is 1.59. The lowest BCUT2D eigenvalue weighted by molar-refractivity contribution is 0.796. The molecular formula is C32H23N. The van der Waals surface area contributed by atoms with Crippen LogP contribution in [0, 0.1) is 6.92 Å². The molecule has 1 nitrogen and oxygen atoms in total. The van der Waals surface area contributed by atoms with Gasteiger partial charge in [0, 0.05) is 16.9 Å². The SMILES string of the molecule is Cc1ccc(Nc2cccc3c2C2(c4ccccc4-c4ccccc42)c2ccccc2-3)cc1. The van der Waals surface area contributed by atoms with Gasteiger partial charge in [-0.2, -0.15) is 0 Å². The van der Waals surface area contributed by atoms with Crippen LogP contribution in [0.1, 0.15) is 27.8 Å². The van der Waals surface area contributed by atoms with Crippen LogP contribution < -0.4 is 5.32 Å². The van der Waals surface area contributed by atoms with Crippen LogP contribution in [0.3, 0.4) is 0 Å². The first-order valence-electron chi connectivity index (χ1n) is 11.5. The van der Waals surface area contributed by atoms with Gasteiger partial charge in [-0.3, -0.25) is 0 Å². The van der Waals surface area contributed by atoms with Crippen LogP contribution in [0.15, 0.2) is 115 Å². The molecule has 0 aliphatic heterocycles. The Morgan fingerprint density at radius 1 is 0.485 bits per heavy atom. The quantitative estimate of drug-likeness (QED) is 0.297. The van der Waals surface area contributed by atoms with Crippen LogP contribution in [-0.4, -0.2) is 0 Å². The first-order valence-corrected chi connectivity index (χ1v) is 11.5. The van der Waals surface area contributed by atoms with Crippen LogP contribution in [0.5, 0.6) is 0 Å². The third kappa shape index (κ3) is 2.37. The van der Waals surface area contributed by atoms with E-state index < -0.39 is 0 Å². The van der Waals surface area contributed by atoms with Gasteiger partial charge in [-0.1, -0.05) is 103 Å². The summed E-state index contributed by atoms with van der Waals surface area (Å²) in [5.41, 5.74) is 14.0. The van der Waals surface area contributed by atoms with Crippen molar-refractivity contribution in [2.75, 3.05) is 5.32 Å². The number of fused-ring (bicyclic) bond motifs is 10. The third-order valence-corrected chi connectivity index (χ3v) is 7.34. The van der Waals surface area contributed by atoms with E-state index in [1.165, 1.54) is 55.8 Å². The maximum Gasteiger partial charge on any atom is 0.0745 e. The summed E-state index contributed by atoms with van der Waals surface area (Å²) in [6, 6.07) is 42.2. The number of rotatable bonds is 2. The number of anilines is 2. The molecule has 0 atom stereocenters. The zero-order chi connectivity index (χ0) is 22.0. The fraction of sp³-hybridized carbons (Fsp3) is 0.0625. The highest BCUT2D eigenvalue weighted by Gasteiger charge is 2.52. The minimum absolute atomic E-state index is 0.326. The molecule has 2 aliphatic carbocycles. The molecule has 0 saturated heterocycles. The second-order valence-corrected chi connectivity index (χ2v) is 9.11. The van der Waals surface area contributed by atoms with Crippen molar-refractivity contribution in [2.45, 2.75) is 12.3 Å². The first-order chi connectivity index (χ1) is 16.3. The predicted octanol–water partition coefficient (Wildman–Crippen LogP) is 8.08. The largest absolute Gasteiger partial charge is 0.355 e. The van der Waals surface area contributed by atoms with Crippen molar-refractivity contribution in [1.82, 2.24) is 0 Å². The molecular weight excluding hydrogens is 398 g/mol. The summed E-state index contributed by atoms with van der Waals surface area (Å²) in [5, 5.41) is 3.78. The predicted molar refractivity (Wildman–Crippen MR) is 137 cm³/mol. The van der Waals surface area contributed by atoms with Gasteiger partial charge in [-0.15, -0.1) is 0 Å². The van der Waals surface area contributed by atoms with Crippen molar-refractivity contribution in [1.29, 1.82) is 0 Å². The monoisotopic (exact) mass is 421 g/mol. The molecule has 5 aromatic rings. The van der Waals surface area contributed by atoms with Gasteiger partial charge < -0.3 is 5.32 Å².